The first-order valence-corrected chi connectivity index (χ1v) is 12.2. The topological polar surface area (TPSA) is 34.1 Å². The summed E-state index contributed by atoms with van der Waals surface area (Å²) in [4.78, 5) is 29.4. The van der Waals surface area contributed by atoms with Crippen molar-refractivity contribution >= 4 is 33.9 Å². The summed E-state index contributed by atoms with van der Waals surface area (Å²) in [5, 5.41) is 0. The van der Waals surface area contributed by atoms with Crippen molar-refractivity contribution < 1.29 is 9.59 Å². The molecule has 0 amide bonds. The molecule has 2 nitrogen and oxygen atoms in total. The zero-order chi connectivity index (χ0) is 25.4. The molecule has 0 fully saturated rings. The highest BCUT2D eigenvalue weighted by Crippen LogP contribution is 2.45. The van der Waals surface area contributed by atoms with Crippen molar-refractivity contribution in [2.24, 2.45) is 0 Å². The van der Waals surface area contributed by atoms with Gasteiger partial charge in [-0.25, -0.2) is 0 Å². The summed E-state index contributed by atoms with van der Waals surface area (Å²) in [5.74, 6) is -0.232. The molecule has 0 N–H and O–H groups in total. The van der Waals surface area contributed by atoms with E-state index in [-0.39, 0.29) is 11.6 Å². The lowest BCUT2D eigenvalue weighted by molar-refractivity contribution is -0.111. The van der Waals surface area contributed by atoms with Crippen molar-refractivity contribution in [2.75, 3.05) is 0 Å². The van der Waals surface area contributed by atoms with Crippen molar-refractivity contribution in [2.45, 2.75) is 27.7 Å². The van der Waals surface area contributed by atoms with Gasteiger partial charge in [-0.3, -0.25) is 9.59 Å². The predicted octanol–water partition coefficient (Wildman–Crippen LogP) is 7.59. The van der Waals surface area contributed by atoms with Gasteiger partial charge in [0.15, 0.2) is 11.6 Å². The number of carbonyl (C=O) groups excluding carboxylic acids is 2. The molecule has 4 aromatic carbocycles. The van der Waals surface area contributed by atoms with Crippen molar-refractivity contribution in [3.63, 3.8) is 0 Å². The third-order valence-corrected chi connectivity index (χ3v) is 7.07. The second kappa shape index (κ2) is 9.39. The third-order valence-electron chi connectivity index (χ3n) is 7.07. The van der Waals surface area contributed by atoms with Gasteiger partial charge in [-0.15, -0.1) is 0 Å². The lowest BCUT2D eigenvalue weighted by Gasteiger charge is -2.27. The molecule has 1 aliphatic rings. The Labute approximate surface area is 212 Å². The molecular weight excluding hydrogens is 440 g/mol. The van der Waals surface area contributed by atoms with Crippen molar-refractivity contribution in [1.82, 2.24) is 0 Å². The van der Waals surface area contributed by atoms with Gasteiger partial charge < -0.3 is 0 Å². The van der Waals surface area contributed by atoms with Crippen LogP contribution in [-0.2, 0) is 9.59 Å². The molecule has 1 aliphatic carbocycles. The van der Waals surface area contributed by atoms with Gasteiger partial charge in [-0.1, -0.05) is 97.1 Å². The van der Waals surface area contributed by atoms with E-state index in [4.69, 9.17) is 0 Å². The molecule has 0 spiro atoms. The van der Waals surface area contributed by atoms with Crippen LogP contribution in [0.1, 0.15) is 44.5 Å². The Hall–Kier alpha value is -4.30. The van der Waals surface area contributed by atoms with Gasteiger partial charge in [0.05, 0.1) is 0 Å². The summed E-state index contributed by atoms with van der Waals surface area (Å²) in [6, 6.07) is 31.3. The average Bonchev–Trinajstić information content (AvgIpc) is 2.87. The van der Waals surface area contributed by atoms with Crippen LogP contribution < -0.4 is 0 Å². The number of benzene rings is 4. The summed E-state index contributed by atoms with van der Waals surface area (Å²) in [5.41, 5.74) is 8.93. The van der Waals surface area contributed by atoms with Gasteiger partial charge in [0.2, 0.25) is 0 Å². The maximum absolute atomic E-state index is 14.7. The molecule has 36 heavy (non-hydrogen) atoms. The smallest absolute Gasteiger partial charge is 0.195 e. The highest BCUT2D eigenvalue weighted by Gasteiger charge is 2.38. The minimum Gasteiger partial charge on any atom is -0.289 e. The van der Waals surface area contributed by atoms with E-state index in [0.29, 0.717) is 22.3 Å². The first-order chi connectivity index (χ1) is 17.4. The molecule has 0 heterocycles. The van der Waals surface area contributed by atoms with Crippen molar-refractivity contribution in [3.05, 3.63) is 142 Å². The van der Waals surface area contributed by atoms with Gasteiger partial charge in [-0.2, -0.15) is 0 Å². The van der Waals surface area contributed by atoms with Crippen LogP contribution in [0.15, 0.2) is 97.1 Å². The average molecular weight is 469 g/mol. The number of aryl methyl sites for hydroxylation is 4. The number of ketones is 2. The maximum atomic E-state index is 14.7. The van der Waals surface area contributed by atoms with E-state index in [1.807, 2.05) is 125 Å². The minimum atomic E-state index is -0.116. The Morgan fingerprint density at radius 3 is 0.722 bits per heavy atom. The van der Waals surface area contributed by atoms with Gasteiger partial charge in [-0.05, 0) is 72.2 Å². The fourth-order valence-electron chi connectivity index (χ4n) is 5.15. The van der Waals surface area contributed by atoms with E-state index >= 15 is 0 Å². The Kier molecular flexibility index (Phi) is 6.12. The number of allylic oxidation sites excluding steroid dienone is 4. The largest absolute Gasteiger partial charge is 0.289 e. The molecule has 5 rings (SSSR count). The van der Waals surface area contributed by atoms with Gasteiger partial charge in [0.25, 0.3) is 0 Å². The van der Waals surface area contributed by atoms with Crippen molar-refractivity contribution in [1.29, 1.82) is 0 Å². The number of Topliss-reactive ketones (excluding diaryl/α,β-unsaturated/α-hetero) is 2. The Balaban J connectivity index is 1.94. The van der Waals surface area contributed by atoms with E-state index in [1.54, 1.807) is 0 Å². The zero-order valence-corrected chi connectivity index (χ0v) is 21.1. The summed E-state index contributed by atoms with van der Waals surface area (Å²) < 4.78 is 0. The predicted molar refractivity (Wildman–Crippen MR) is 148 cm³/mol. The summed E-state index contributed by atoms with van der Waals surface area (Å²) >= 11 is 0. The SMILES string of the molecule is Cc1ccccc1C1=C(c2ccccc2C)C(=O)C(c2ccccc2C)=C(c2ccccc2C)C1=O. The highest BCUT2D eigenvalue weighted by atomic mass is 16.1. The van der Waals surface area contributed by atoms with Crippen LogP contribution in [0.5, 0.6) is 0 Å². The number of hydrogen-bond acceptors (Lipinski definition) is 2. The van der Waals surface area contributed by atoms with E-state index < -0.39 is 0 Å². The quantitative estimate of drug-likeness (QED) is 0.289. The number of carbonyl (C=O) groups is 2. The molecule has 0 aliphatic heterocycles. The lowest BCUT2D eigenvalue weighted by atomic mass is 9.72. The first kappa shape index (κ1) is 23.4. The molecule has 176 valence electrons. The lowest BCUT2D eigenvalue weighted by Crippen LogP contribution is -2.23. The molecule has 0 saturated heterocycles. The van der Waals surface area contributed by atoms with E-state index in [0.717, 1.165) is 44.5 Å². The molecule has 4 aromatic rings. The number of hydrogen-bond donors (Lipinski definition) is 0. The monoisotopic (exact) mass is 468 g/mol. The van der Waals surface area contributed by atoms with Crippen LogP contribution in [0.3, 0.4) is 0 Å². The molecular formula is C34H28O2. The molecule has 2 heteroatoms. The second-order valence-electron chi connectivity index (χ2n) is 9.42. The van der Waals surface area contributed by atoms with E-state index in [2.05, 4.69) is 0 Å². The zero-order valence-electron chi connectivity index (χ0n) is 21.1. The van der Waals surface area contributed by atoms with Crippen LogP contribution in [-0.4, -0.2) is 11.6 Å². The van der Waals surface area contributed by atoms with Gasteiger partial charge in [0.1, 0.15) is 0 Å². The first-order valence-electron chi connectivity index (χ1n) is 12.2. The number of rotatable bonds is 4. The van der Waals surface area contributed by atoms with Crippen molar-refractivity contribution in [3.8, 4) is 0 Å². The van der Waals surface area contributed by atoms with Gasteiger partial charge >= 0.3 is 0 Å². The Morgan fingerprint density at radius 1 is 0.333 bits per heavy atom. The maximum Gasteiger partial charge on any atom is 0.195 e. The normalized spacial score (nSPS) is 14.0. The Morgan fingerprint density at radius 2 is 0.528 bits per heavy atom. The molecule has 0 aromatic heterocycles. The third kappa shape index (κ3) is 3.85. The molecule has 0 radical (unpaired) electrons. The Bertz CT molecular complexity index is 1360. The summed E-state index contributed by atoms with van der Waals surface area (Å²) in [6.45, 7) is 7.96. The van der Waals surface area contributed by atoms with Crippen LogP contribution in [0.25, 0.3) is 22.3 Å². The summed E-state index contributed by atoms with van der Waals surface area (Å²) in [6.07, 6.45) is 0. The van der Waals surface area contributed by atoms with Gasteiger partial charge in [0, 0.05) is 22.3 Å². The van der Waals surface area contributed by atoms with Crippen LogP contribution in [0.2, 0.25) is 0 Å². The second-order valence-corrected chi connectivity index (χ2v) is 9.42. The standard InChI is InChI=1S/C34H28O2/c1-21-13-5-9-17-25(21)29-30(26-18-10-6-14-22(26)2)34(36)32(28-20-12-8-16-24(28)4)31(33(29)35)27-19-11-7-15-23(27)3/h5-20H,1-4H3. The fraction of sp³-hybridized carbons (Fsp3) is 0.118. The molecule has 0 bridgehead atoms. The highest BCUT2D eigenvalue weighted by molar-refractivity contribution is 6.66. The van der Waals surface area contributed by atoms with E-state index in [9.17, 15) is 9.59 Å². The minimum absolute atomic E-state index is 0.116. The molecule has 0 atom stereocenters. The molecule has 0 unspecified atom stereocenters. The fourth-order valence-corrected chi connectivity index (χ4v) is 5.15. The van der Waals surface area contributed by atoms with Crippen LogP contribution >= 0.6 is 0 Å². The summed E-state index contributed by atoms with van der Waals surface area (Å²) in [7, 11) is 0. The van der Waals surface area contributed by atoms with Crippen LogP contribution in [0.4, 0.5) is 0 Å². The van der Waals surface area contributed by atoms with Crippen LogP contribution in [0, 0.1) is 27.7 Å². The molecule has 0 saturated carbocycles. The van der Waals surface area contributed by atoms with E-state index in [1.165, 1.54) is 0 Å².